The Morgan fingerprint density at radius 3 is 2.84 bits per heavy atom. The second-order valence-corrected chi connectivity index (χ2v) is 9.34. The topological polar surface area (TPSA) is 75.3 Å². The van der Waals surface area contributed by atoms with Crippen LogP contribution in [0, 0.1) is 18.3 Å². The number of nitrogens with zero attached hydrogens (tertiary/aromatic N) is 1. The molecular weight excluding hydrogens is 408 g/mol. The molecule has 0 fully saturated rings. The van der Waals surface area contributed by atoms with Crippen LogP contribution in [0.3, 0.4) is 0 Å². The first-order valence-corrected chi connectivity index (χ1v) is 11.5. The Bertz CT molecular complexity index is 1150. The van der Waals surface area contributed by atoms with E-state index < -0.39 is 0 Å². The van der Waals surface area contributed by atoms with Crippen LogP contribution >= 0.6 is 11.3 Å². The highest BCUT2D eigenvalue weighted by atomic mass is 32.1. The van der Waals surface area contributed by atoms with Gasteiger partial charge in [-0.3, -0.25) is 4.79 Å². The van der Waals surface area contributed by atoms with Crippen LogP contribution in [0.15, 0.2) is 34.7 Å². The number of ether oxygens (including phenoxy) is 1. The first-order chi connectivity index (χ1) is 15.0. The maximum absolute atomic E-state index is 12.7. The summed E-state index contributed by atoms with van der Waals surface area (Å²) in [6.45, 7) is 6.53. The summed E-state index contributed by atoms with van der Waals surface area (Å²) in [4.78, 5) is 13.9. The first-order valence-electron chi connectivity index (χ1n) is 10.6. The van der Waals surface area contributed by atoms with Crippen LogP contribution in [-0.2, 0) is 19.4 Å². The van der Waals surface area contributed by atoms with E-state index in [1.165, 1.54) is 16.2 Å². The van der Waals surface area contributed by atoms with Crippen LogP contribution in [0.5, 0.6) is 5.75 Å². The van der Waals surface area contributed by atoms with Gasteiger partial charge in [-0.2, -0.15) is 5.26 Å². The molecule has 3 aromatic rings. The molecule has 0 unspecified atom stereocenters. The highest BCUT2D eigenvalue weighted by molar-refractivity contribution is 7.16. The number of thiophene rings is 1. The predicted octanol–water partition coefficient (Wildman–Crippen LogP) is 6.35. The Balaban J connectivity index is 1.45. The van der Waals surface area contributed by atoms with E-state index in [1.54, 1.807) is 12.1 Å². The summed E-state index contributed by atoms with van der Waals surface area (Å²) < 4.78 is 11.7. The van der Waals surface area contributed by atoms with Gasteiger partial charge in [0.2, 0.25) is 0 Å². The molecule has 2 heterocycles. The number of nitriles is 1. The first kappa shape index (κ1) is 21.2. The number of carbonyl (C=O) groups is 1. The molecule has 1 N–H and O–H groups in total. The number of aryl methyl sites for hydroxylation is 2. The van der Waals surface area contributed by atoms with Crippen molar-refractivity contribution >= 4 is 22.2 Å². The summed E-state index contributed by atoms with van der Waals surface area (Å²) >= 11 is 1.51. The molecule has 0 atom stereocenters. The number of carbonyl (C=O) groups excluding carboxylic acids is 1. The molecule has 1 aromatic carbocycles. The summed E-state index contributed by atoms with van der Waals surface area (Å²) in [5, 5.41) is 13.1. The van der Waals surface area contributed by atoms with E-state index in [9.17, 15) is 10.1 Å². The molecule has 1 amide bonds. The number of amides is 1. The summed E-state index contributed by atoms with van der Waals surface area (Å²) in [7, 11) is 0. The van der Waals surface area contributed by atoms with E-state index in [0.717, 1.165) is 48.1 Å². The molecule has 0 radical (unpaired) electrons. The maximum atomic E-state index is 12.7. The van der Waals surface area contributed by atoms with Gasteiger partial charge in [-0.1, -0.05) is 26.0 Å². The third kappa shape index (κ3) is 4.52. The van der Waals surface area contributed by atoms with Gasteiger partial charge in [-0.15, -0.1) is 11.3 Å². The number of fused-ring (bicyclic) bond motifs is 1. The van der Waals surface area contributed by atoms with Crippen LogP contribution in [0.1, 0.15) is 76.1 Å². The number of rotatable bonds is 6. The van der Waals surface area contributed by atoms with Crippen molar-refractivity contribution in [2.24, 2.45) is 0 Å². The molecule has 0 aliphatic heterocycles. The van der Waals surface area contributed by atoms with E-state index in [-0.39, 0.29) is 18.3 Å². The minimum atomic E-state index is -0.347. The SMILES string of the molecule is Cc1ccc(C(C)C)c(OCc2ccc(C(=O)Nc3sc4c(c3C#N)CCCC4)o2)c1. The predicted molar refractivity (Wildman–Crippen MR) is 122 cm³/mol. The lowest BCUT2D eigenvalue weighted by atomic mass is 9.96. The zero-order valence-corrected chi connectivity index (χ0v) is 18.9. The Morgan fingerprint density at radius 2 is 2.06 bits per heavy atom. The molecule has 0 spiro atoms. The highest BCUT2D eigenvalue weighted by Gasteiger charge is 2.23. The normalized spacial score (nSPS) is 13.0. The Morgan fingerprint density at radius 1 is 1.26 bits per heavy atom. The largest absolute Gasteiger partial charge is 0.485 e. The van der Waals surface area contributed by atoms with E-state index in [2.05, 4.69) is 37.4 Å². The van der Waals surface area contributed by atoms with Crippen LogP contribution in [0.4, 0.5) is 5.00 Å². The Kier molecular flexibility index (Phi) is 6.15. The van der Waals surface area contributed by atoms with Gasteiger partial charge in [0.25, 0.3) is 5.91 Å². The minimum absolute atomic E-state index is 0.210. The van der Waals surface area contributed by atoms with Crippen molar-refractivity contribution in [2.45, 2.75) is 59.0 Å². The number of benzene rings is 1. The van der Waals surface area contributed by atoms with Crippen LogP contribution in [0.25, 0.3) is 0 Å². The molecular formula is C25H26N2O3S. The van der Waals surface area contributed by atoms with Crippen molar-refractivity contribution in [3.8, 4) is 11.8 Å². The zero-order chi connectivity index (χ0) is 22.0. The van der Waals surface area contributed by atoms with Gasteiger partial charge in [0.05, 0.1) is 5.56 Å². The molecule has 1 aliphatic carbocycles. The van der Waals surface area contributed by atoms with Gasteiger partial charge < -0.3 is 14.5 Å². The van der Waals surface area contributed by atoms with Crippen LogP contribution in [-0.4, -0.2) is 5.91 Å². The number of furan rings is 1. The van der Waals surface area contributed by atoms with Crippen molar-refractivity contribution in [1.29, 1.82) is 5.26 Å². The van der Waals surface area contributed by atoms with Gasteiger partial charge in [0.15, 0.2) is 5.76 Å². The smallest absolute Gasteiger partial charge is 0.292 e. The Hall–Kier alpha value is -3.04. The summed E-state index contributed by atoms with van der Waals surface area (Å²) in [5.74, 6) is 1.62. The zero-order valence-electron chi connectivity index (χ0n) is 18.1. The van der Waals surface area contributed by atoms with Crippen molar-refractivity contribution in [2.75, 3.05) is 5.32 Å². The van der Waals surface area contributed by atoms with Crippen LogP contribution < -0.4 is 10.1 Å². The van der Waals surface area contributed by atoms with E-state index >= 15 is 0 Å². The third-order valence-electron chi connectivity index (χ3n) is 5.56. The molecule has 1 aliphatic rings. The summed E-state index contributed by atoms with van der Waals surface area (Å²) in [6, 6.07) is 11.9. The number of hydrogen-bond acceptors (Lipinski definition) is 5. The van der Waals surface area contributed by atoms with E-state index in [4.69, 9.17) is 9.15 Å². The highest BCUT2D eigenvalue weighted by Crippen LogP contribution is 2.38. The second kappa shape index (κ2) is 8.99. The van der Waals surface area contributed by atoms with Gasteiger partial charge >= 0.3 is 0 Å². The molecule has 0 bridgehead atoms. The molecule has 4 rings (SSSR count). The van der Waals surface area contributed by atoms with Crippen LogP contribution in [0.2, 0.25) is 0 Å². The lowest BCUT2D eigenvalue weighted by Crippen LogP contribution is -2.11. The Labute approximate surface area is 186 Å². The molecule has 31 heavy (non-hydrogen) atoms. The fourth-order valence-electron chi connectivity index (χ4n) is 3.91. The third-order valence-corrected chi connectivity index (χ3v) is 6.76. The van der Waals surface area contributed by atoms with Gasteiger partial charge in [0.1, 0.15) is 29.2 Å². The minimum Gasteiger partial charge on any atom is -0.485 e. The second-order valence-electron chi connectivity index (χ2n) is 8.23. The van der Waals surface area contributed by atoms with E-state index in [1.807, 2.05) is 13.0 Å². The number of hydrogen-bond donors (Lipinski definition) is 1. The van der Waals surface area contributed by atoms with Gasteiger partial charge in [0, 0.05) is 4.88 Å². The standard InChI is InChI=1S/C25H26N2O3S/c1-15(2)18-10-8-16(3)12-22(18)29-14-17-9-11-21(30-17)24(28)27-25-20(13-26)19-6-4-5-7-23(19)31-25/h8-12,15H,4-7,14H2,1-3H3,(H,27,28). The van der Waals surface area contributed by atoms with Crippen molar-refractivity contribution < 1.29 is 13.9 Å². The maximum Gasteiger partial charge on any atom is 0.292 e. The van der Waals surface area contributed by atoms with Crippen molar-refractivity contribution in [3.05, 3.63) is 69.0 Å². The average Bonchev–Trinajstić information content (AvgIpc) is 3.36. The average molecular weight is 435 g/mol. The lowest BCUT2D eigenvalue weighted by Gasteiger charge is -2.14. The monoisotopic (exact) mass is 434 g/mol. The fraction of sp³-hybridized carbons (Fsp3) is 0.360. The number of anilines is 1. The molecule has 0 saturated carbocycles. The molecule has 6 heteroatoms. The van der Waals surface area contributed by atoms with Crippen molar-refractivity contribution in [1.82, 2.24) is 0 Å². The quantitative estimate of drug-likeness (QED) is 0.490. The van der Waals surface area contributed by atoms with Gasteiger partial charge in [-0.05, 0) is 73.4 Å². The number of nitrogens with one attached hydrogen (secondary N) is 1. The fourth-order valence-corrected chi connectivity index (χ4v) is 5.14. The van der Waals surface area contributed by atoms with Gasteiger partial charge in [-0.25, -0.2) is 0 Å². The lowest BCUT2D eigenvalue weighted by molar-refractivity contribution is 0.0993. The van der Waals surface area contributed by atoms with E-state index in [0.29, 0.717) is 22.2 Å². The molecule has 0 saturated heterocycles. The molecule has 5 nitrogen and oxygen atoms in total. The molecule has 2 aromatic heterocycles. The summed E-state index contributed by atoms with van der Waals surface area (Å²) in [6.07, 6.45) is 4.11. The van der Waals surface area contributed by atoms with Crippen molar-refractivity contribution in [3.63, 3.8) is 0 Å². The summed E-state index contributed by atoms with van der Waals surface area (Å²) in [5.41, 5.74) is 3.97. The molecule has 160 valence electrons.